The van der Waals surface area contributed by atoms with Crippen LogP contribution in [0.4, 0.5) is 4.39 Å². The predicted octanol–water partition coefficient (Wildman–Crippen LogP) is 3.68. The van der Waals surface area contributed by atoms with Crippen molar-refractivity contribution < 1.29 is 4.39 Å². The Bertz CT molecular complexity index is 861. The fourth-order valence-corrected chi connectivity index (χ4v) is 5.40. The van der Waals surface area contributed by atoms with Gasteiger partial charge in [0.1, 0.15) is 11.9 Å². The Balaban J connectivity index is 1.42. The summed E-state index contributed by atoms with van der Waals surface area (Å²) in [6.07, 6.45) is 8.06. The van der Waals surface area contributed by atoms with E-state index >= 15 is 0 Å². The van der Waals surface area contributed by atoms with Crippen LogP contribution in [0.1, 0.15) is 30.4 Å². The van der Waals surface area contributed by atoms with E-state index in [9.17, 15) is 4.39 Å². The van der Waals surface area contributed by atoms with Gasteiger partial charge in [0.2, 0.25) is 0 Å². The molecule has 2 aliphatic carbocycles. The van der Waals surface area contributed by atoms with Crippen molar-refractivity contribution in [3.05, 3.63) is 52.9 Å². The van der Waals surface area contributed by atoms with E-state index in [0.717, 1.165) is 30.5 Å². The van der Waals surface area contributed by atoms with Gasteiger partial charge in [0, 0.05) is 38.1 Å². The summed E-state index contributed by atoms with van der Waals surface area (Å²) in [6.45, 7) is 4.79. The lowest BCUT2D eigenvalue weighted by molar-refractivity contribution is 0.0825. The lowest BCUT2D eigenvalue weighted by Crippen LogP contribution is -2.52. The van der Waals surface area contributed by atoms with Crippen molar-refractivity contribution in [3.63, 3.8) is 0 Å². The predicted molar refractivity (Wildman–Crippen MR) is 104 cm³/mol. The lowest BCUT2D eigenvalue weighted by atomic mass is 9.81. The maximum absolute atomic E-state index is 14.2. The molecular formula is C23H26FN3. The van der Waals surface area contributed by atoms with Crippen molar-refractivity contribution in [1.29, 1.82) is 5.26 Å². The summed E-state index contributed by atoms with van der Waals surface area (Å²) in [7, 11) is 2.24. The molecule has 1 aromatic rings. The van der Waals surface area contributed by atoms with Gasteiger partial charge in [-0.15, -0.1) is 0 Å². The summed E-state index contributed by atoms with van der Waals surface area (Å²) in [5.41, 5.74) is 3.79. The highest BCUT2D eigenvalue weighted by Gasteiger charge is 2.44. The van der Waals surface area contributed by atoms with Crippen molar-refractivity contribution in [2.75, 3.05) is 33.2 Å². The Morgan fingerprint density at radius 1 is 1.22 bits per heavy atom. The van der Waals surface area contributed by atoms with Gasteiger partial charge in [-0.1, -0.05) is 23.8 Å². The minimum Gasteiger partial charge on any atom is -0.301 e. The van der Waals surface area contributed by atoms with Gasteiger partial charge in [-0.2, -0.15) is 5.26 Å². The van der Waals surface area contributed by atoms with Crippen molar-refractivity contribution in [3.8, 4) is 6.07 Å². The van der Waals surface area contributed by atoms with Crippen LogP contribution in [-0.2, 0) is 0 Å². The van der Waals surface area contributed by atoms with Crippen LogP contribution in [-0.4, -0.2) is 49.1 Å². The third kappa shape index (κ3) is 3.03. The Labute approximate surface area is 160 Å². The first kappa shape index (κ1) is 17.2. The highest BCUT2D eigenvalue weighted by molar-refractivity contribution is 5.79. The molecule has 3 atom stereocenters. The second kappa shape index (κ2) is 6.58. The Morgan fingerprint density at radius 3 is 2.74 bits per heavy atom. The lowest BCUT2D eigenvalue weighted by Gasteiger charge is -2.40. The molecule has 2 heterocycles. The SMILES string of the molecule is CN1CC2CN(CC3CC=CC(c4ccc(C#N)c(F)c4)=C3C3CC3)CC21. The van der Waals surface area contributed by atoms with Gasteiger partial charge in [0.25, 0.3) is 0 Å². The van der Waals surface area contributed by atoms with Gasteiger partial charge < -0.3 is 9.80 Å². The second-order valence-electron chi connectivity index (χ2n) is 8.77. The van der Waals surface area contributed by atoms with Crippen LogP contribution < -0.4 is 0 Å². The minimum absolute atomic E-state index is 0.125. The molecule has 0 aromatic heterocycles. The molecule has 0 N–H and O–H groups in total. The van der Waals surface area contributed by atoms with E-state index in [-0.39, 0.29) is 5.56 Å². The number of rotatable bonds is 4. The molecule has 2 saturated heterocycles. The molecule has 0 bridgehead atoms. The number of hydrogen-bond donors (Lipinski definition) is 0. The molecule has 1 aromatic carbocycles. The summed E-state index contributed by atoms with van der Waals surface area (Å²) < 4.78 is 14.2. The topological polar surface area (TPSA) is 30.3 Å². The van der Waals surface area contributed by atoms with Crippen molar-refractivity contribution in [2.45, 2.75) is 25.3 Å². The molecule has 0 radical (unpaired) electrons. The van der Waals surface area contributed by atoms with Gasteiger partial charge in [0.05, 0.1) is 5.56 Å². The standard InChI is InChI=1S/C23H26FN3/c1-26-11-19-13-27(14-22(19)26)12-18-3-2-4-20(23(18)15-5-6-15)16-7-8-17(10-25)21(24)9-16/h2,4,7-9,15,18-19,22H,3,5-6,11-14H2,1H3. The second-order valence-corrected chi connectivity index (χ2v) is 8.77. The highest BCUT2D eigenvalue weighted by atomic mass is 19.1. The van der Waals surface area contributed by atoms with Crippen LogP contribution in [0.15, 0.2) is 35.9 Å². The van der Waals surface area contributed by atoms with Crippen LogP contribution in [0, 0.1) is 34.9 Å². The molecule has 0 spiro atoms. The van der Waals surface area contributed by atoms with E-state index in [1.54, 1.807) is 12.1 Å². The Hall–Kier alpha value is -1.96. The van der Waals surface area contributed by atoms with Crippen LogP contribution in [0.5, 0.6) is 0 Å². The molecule has 3 nitrogen and oxygen atoms in total. The first-order valence-corrected chi connectivity index (χ1v) is 10.2. The number of nitriles is 1. The summed E-state index contributed by atoms with van der Waals surface area (Å²) in [5.74, 6) is 1.65. The van der Waals surface area contributed by atoms with E-state index in [2.05, 4.69) is 29.0 Å². The largest absolute Gasteiger partial charge is 0.301 e. The zero-order valence-electron chi connectivity index (χ0n) is 15.9. The fraction of sp³-hybridized carbons (Fsp3) is 0.522. The van der Waals surface area contributed by atoms with E-state index in [4.69, 9.17) is 5.26 Å². The zero-order valence-corrected chi connectivity index (χ0v) is 15.9. The molecule has 2 aliphatic heterocycles. The highest BCUT2D eigenvalue weighted by Crippen LogP contribution is 2.47. The number of likely N-dealkylation sites (tertiary alicyclic amines) is 2. The third-order valence-corrected chi connectivity index (χ3v) is 6.92. The van der Waals surface area contributed by atoms with Crippen LogP contribution in [0.2, 0.25) is 0 Å². The molecule has 3 unspecified atom stereocenters. The van der Waals surface area contributed by atoms with E-state index in [1.165, 1.54) is 43.6 Å². The minimum atomic E-state index is -0.410. The van der Waals surface area contributed by atoms with E-state index < -0.39 is 5.82 Å². The quantitative estimate of drug-likeness (QED) is 0.817. The average Bonchev–Trinajstić information content (AvgIpc) is 3.45. The number of likely N-dealkylation sites (N-methyl/N-ethyl adjacent to an activating group) is 1. The Morgan fingerprint density at radius 2 is 2.07 bits per heavy atom. The van der Waals surface area contributed by atoms with Gasteiger partial charge in [0.15, 0.2) is 0 Å². The first-order chi connectivity index (χ1) is 13.1. The summed E-state index contributed by atoms with van der Waals surface area (Å²) >= 11 is 0. The third-order valence-electron chi connectivity index (χ3n) is 6.92. The summed E-state index contributed by atoms with van der Waals surface area (Å²) in [6, 6.07) is 7.76. The summed E-state index contributed by atoms with van der Waals surface area (Å²) in [4.78, 5) is 5.13. The van der Waals surface area contributed by atoms with Crippen LogP contribution >= 0.6 is 0 Å². The van der Waals surface area contributed by atoms with Crippen molar-refractivity contribution in [2.24, 2.45) is 17.8 Å². The first-order valence-electron chi connectivity index (χ1n) is 10.2. The maximum Gasteiger partial charge on any atom is 0.141 e. The molecule has 3 fully saturated rings. The van der Waals surface area contributed by atoms with Crippen LogP contribution in [0.25, 0.3) is 5.57 Å². The molecular weight excluding hydrogens is 337 g/mol. The monoisotopic (exact) mass is 363 g/mol. The van der Waals surface area contributed by atoms with Gasteiger partial charge in [-0.3, -0.25) is 0 Å². The molecule has 0 amide bonds. The molecule has 4 aliphatic rings. The molecule has 4 heteroatoms. The van der Waals surface area contributed by atoms with Gasteiger partial charge in [-0.05, 0) is 61.4 Å². The van der Waals surface area contributed by atoms with Crippen LogP contribution in [0.3, 0.4) is 0 Å². The molecule has 140 valence electrons. The smallest absolute Gasteiger partial charge is 0.141 e. The molecule has 1 saturated carbocycles. The van der Waals surface area contributed by atoms with Gasteiger partial charge in [-0.25, -0.2) is 4.39 Å². The van der Waals surface area contributed by atoms with E-state index in [0.29, 0.717) is 11.8 Å². The number of fused-ring (bicyclic) bond motifs is 1. The number of allylic oxidation sites excluding steroid dienone is 3. The number of hydrogen-bond acceptors (Lipinski definition) is 3. The van der Waals surface area contributed by atoms with Crippen molar-refractivity contribution in [1.82, 2.24) is 9.80 Å². The molecule has 27 heavy (non-hydrogen) atoms. The fourth-order valence-electron chi connectivity index (χ4n) is 5.40. The number of halogens is 1. The van der Waals surface area contributed by atoms with Gasteiger partial charge >= 0.3 is 0 Å². The Kier molecular flexibility index (Phi) is 4.18. The normalized spacial score (nSPS) is 30.9. The number of benzene rings is 1. The maximum atomic E-state index is 14.2. The zero-order chi connectivity index (χ0) is 18.5. The number of nitrogens with zero attached hydrogens (tertiary/aromatic N) is 3. The van der Waals surface area contributed by atoms with E-state index in [1.807, 2.05) is 12.1 Å². The molecule has 5 rings (SSSR count). The van der Waals surface area contributed by atoms with Crippen molar-refractivity contribution >= 4 is 5.57 Å². The average molecular weight is 363 g/mol. The summed E-state index contributed by atoms with van der Waals surface area (Å²) in [5, 5.41) is 9.01.